The van der Waals surface area contributed by atoms with E-state index >= 15 is 0 Å². The number of amides is 1. The average Bonchev–Trinajstić information content (AvgIpc) is 3.52. The Labute approximate surface area is 208 Å². The molecule has 0 unspecified atom stereocenters. The van der Waals surface area contributed by atoms with Gasteiger partial charge in [0.2, 0.25) is 10.0 Å². The topological polar surface area (TPSA) is 93.0 Å². The molecular weight excluding hydrogens is 542 g/mol. The van der Waals surface area contributed by atoms with Crippen LogP contribution in [0.4, 0.5) is 5.13 Å². The van der Waals surface area contributed by atoms with Gasteiger partial charge in [0.1, 0.15) is 5.76 Å². The van der Waals surface area contributed by atoms with Crippen molar-refractivity contribution < 1.29 is 22.4 Å². The molecule has 0 aliphatic carbocycles. The van der Waals surface area contributed by atoms with Crippen molar-refractivity contribution in [3.8, 4) is 0 Å². The Balaban J connectivity index is 1.46. The highest BCUT2D eigenvalue weighted by Crippen LogP contribution is 2.32. The van der Waals surface area contributed by atoms with Gasteiger partial charge in [-0.2, -0.15) is 4.31 Å². The lowest BCUT2D eigenvalue weighted by molar-refractivity contribution is 0.0730. The minimum atomic E-state index is -3.64. The molecule has 4 aromatic rings. The highest BCUT2D eigenvalue weighted by atomic mass is 79.9. The van der Waals surface area contributed by atoms with E-state index in [1.54, 1.807) is 23.3 Å². The van der Waals surface area contributed by atoms with E-state index in [1.807, 2.05) is 18.2 Å². The van der Waals surface area contributed by atoms with Crippen LogP contribution in [0.2, 0.25) is 0 Å². The van der Waals surface area contributed by atoms with E-state index in [4.69, 9.17) is 9.15 Å². The molecule has 0 N–H and O–H groups in total. The highest BCUT2D eigenvalue weighted by molar-refractivity contribution is 9.10. The number of carbonyl (C=O) groups excluding carboxylic acids is 1. The number of morpholine rings is 1. The summed E-state index contributed by atoms with van der Waals surface area (Å²) in [5.41, 5.74) is 1.14. The van der Waals surface area contributed by atoms with E-state index in [9.17, 15) is 13.2 Å². The van der Waals surface area contributed by atoms with Crippen LogP contribution >= 0.6 is 27.3 Å². The molecule has 5 rings (SSSR count). The molecular formula is C23H20BrN3O5S2. The molecule has 34 heavy (non-hydrogen) atoms. The molecule has 1 saturated heterocycles. The molecule has 11 heteroatoms. The lowest BCUT2D eigenvalue weighted by Crippen LogP contribution is -2.40. The van der Waals surface area contributed by atoms with Crippen LogP contribution in [0.5, 0.6) is 0 Å². The van der Waals surface area contributed by atoms with Gasteiger partial charge in [-0.15, -0.1) is 0 Å². The number of hydrogen-bond donors (Lipinski definition) is 0. The summed E-state index contributed by atoms with van der Waals surface area (Å²) >= 11 is 4.87. The van der Waals surface area contributed by atoms with Crippen molar-refractivity contribution in [2.24, 2.45) is 0 Å². The Kier molecular flexibility index (Phi) is 6.54. The van der Waals surface area contributed by atoms with Crippen LogP contribution in [0.3, 0.4) is 0 Å². The van der Waals surface area contributed by atoms with E-state index in [0.29, 0.717) is 42.8 Å². The van der Waals surface area contributed by atoms with Crippen LogP contribution in [0, 0.1) is 0 Å². The number of furan rings is 1. The Hall–Kier alpha value is -2.57. The molecule has 0 spiro atoms. The maximum atomic E-state index is 13.5. The summed E-state index contributed by atoms with van der Waals surface area (Å²) < 4.78 is 39.8. The zero-order valence-corrected chi connectivity index (χ0v) is 21.1. The number of ether oxygens (including phenoxy) is 1. The fourth-order valence-corrected chi connectivity index (χ4v) is 6.57. The quantitative estimate of drug-likeness (QED) is 0.343. The third kappa shape index (κ3) is 4.66. The van der Waals surface area contributed by atoms with Crippen molar-refractivity contribution >= 4 is 58.5 Å². The van der Waals surface area contributed by atoms with E-state index < -0.39 is 10.0 Å². The maximum Gasteiger partial charge on any atom is 0.260 e. The summed E-state index contributed by atoms with van der Waals surface area (Å²) in [6.45, 7) is 1.56. The molecule has 2 aromatic heterocycles. The first kappa shape index (κ1) is 23.2. The number of carbonyl (C=O) groups is 1. The van der Waals surface area contributed by atoms with E-state index in [2.05, 4.69) is 20.9 Å². The first-order chi connectivity index (χ1) is 16.4. The zero-order valence-electron chi connectivity index (χ0n) is 17.9. The van der Waals surface area contributed by atoms with Crippen molar-refractivity contribution in [1.82, 2.24) is 9.29 Å². The number of anilines is 1. The number of benzene rings is 2. The second-order valence-corrected chi connectivity index (χ2v) is 11.5. The van der Waals surface area contributed by atoms with Gasteiger partial charge in [-0.3, -0.25) is 9.69 Å². The van der Waals surface area contributed by atoms with Gasteiger partial charge in [-0.1, -0.05) is 27.3 Å². The van der Waals surface area contributed by atoms with Crippen molar-refractivity contribution in [3.05, 3.63) is 76.7 Å². The summed E-state index contributed by atoms with van der Waals surface area (Å²) in [7, 11) is -3.64. The van der Waals surface area contributed by atoms with E-state index in [-0.39, 0.29) is 17.3 Å². The number of nitrogens with zero attached hydrogens (tertiary/aromatic N) is 3. The number of rotatable bonds is 6. The molecule has 176 valence electrons. The normalized spacial score (nSPS) is 15.0. The van der Waals surface area contributed by atoms with Gasteiger partial charge in [-0.25, -0.2) is 13.4 Å². The summed E-state index contributed by atoms with van der Waals surface area (Å²) in [5.74, 6) is 0.310. The molecule has 0 atom stereocenters. The molecule has 1 amide bonds. The number of fused-ring (bicyclic) bond motifs is 1. The van der Waals surface area contributed by atoms with E-state index in [0.717, 1.165) is 14.7 Å². The SMILES string of the molecule is O=C(c1ccc(S(=O)(=O)N2CCOCC2)cc1)N(Cc1ccco1)c1nc2ccc(Br)cc2s1. The second-order valence-electron chi connectivity index (χ2n) is 7.62. The summed E-state index contributed by atoms with van der Waals surface area (Å²) in [6, 6.07) is 15.3. The van der Waals surface area contributed by atoms with Crippen molar-refractivity contribution in [3.63, 3.8) is 0 Å². The largest absolute Gasteiger partial charge is 0.467 e. The standard InChI is InChI=1S/C23H20BrN3O5S2/c24-17-5-8-20-21(14-17)33-23(25-20)27(15-18-2-1-11-32-18)22(28)16-3-6-19(7-4-16)34(29,30)26-9-12-31-13-10-26/h1-8,11,14H,9-10,12-13,15H2. The van der Waals surface area contributed by atoms with Crippen LogP contribution in [0.1, 0.15) is 16.1 Å². The number of thiazole rings is 1. The summed E-state index contributed by atoms with van der Waals surface area (Å²) in [5, 5.41) is 0.527. The van der Waals surface area contributed by atoms with Crippen molar-refractivity contribution in [2.75, 3.05) is 31.2 Å². The predicted octanol–water partition coefficient (Wildman–Crippen LogP) is 4.52. The fraction of sp³-hybridized carbons (Fsp3) is 0.217. The molecule has 3 heterocycles. The van der Waals surface area contributed by atoms with Crippen molar-refractivity contribution in [1.29, 1.82) is 0 Å². The average molecular weight is 562 g/mol. The number of hydrogen-bond acceptors (Lipinski definition) is 7. The Morgan fingerprint density at radius 3 is 2.59 bits per heavy atom. The van der Waals surface area contributed by atoms with Gasteiger partial charge in [0.05, 0.1) is 41.1 Å². The van der Waals surface area contributed by atoms with Crippen molar-refractivity contribution in [2.45, 2.75) is 11.4 Å². The minimum absolute atomic E-state index is 0.147. The molecule has 1 aliphatic rings. The van der Waals surface area contributed by atoms with Crippen LogP contribution < -0.4 is 4.90 Å². The molecule has 0 bridgehead atoms. The predicted molar refractivity (Wildman–Crippen MR) is 133 cm³/mol. The van der Waals surface area contributed by atoms with Gasteiger partial charge in [0.15, 0.2) is 5.13 Å². The highest BCUT2D eigenvalue weighted by Gasteiger charge is 2.27. The number of halogens is 1. The first-order valence-corrected chi connectivity index (χ1v) is 13.5. The summed E-state index contributed by atoms with van der Waals surface area (Å²) in [6.07, 6.45) is 1.55. The molecule has 2 aromatic carbocycles. The van der Waals surface area contributed by atoms with E-state index in [1.165, 1.54) is 39.9 Å². The van der Waals surface area contributed by atoms with Gasteiger partial charge in [0, 0.05) is 23.1 Å². The number of sulfonamides is 1. The third-order valence-corrected chi connectivity index (χ3v) is 8.87. The van der Waals surface area contributed by atoms with Crippen LogP contribution in [0.15, 0.2) is 74.6 Å². The Morgan fingerprint density at radius 2 is 1.88 bits per heavy atom. The van der Waals surface area contributed by atoms with Crippen LogP contribution in [-0.2, 0) is 21.3 Å². The van der Waals surface area contributed by atoms with Gasteiger partial charge < -0.3 is 9.15 Å². The lowest BCUT2D eigenvalue weighted by Gasteiger charge is -2.26. The Morgan fingerprint density at radius 1 is 1.12 bits per heavy atom. The number of aromatic nitrogens is 1. The zero-order chi connectivity index (χ0) is 23.7. The monoisotopic (exact) mass is 561 g/mol. The van der Waals surface area contributed by atoms with Crippen LogP contribution in [0.25, 0.3) is 10.2 Å². The van der Waals surface area contributed by atoms with Gasteiger partial charge in [0.25, 0.3) is 5.91 Å². The molecule has 1 aliphatic heterocycles. The molecule has 0 radical (unpaired) electrons. The van der Waals surface area contributed by atoms with Crippen LogP contribution in [-0.4, -0.2) is 49.9 Å². The maximum absolute atomic E-state index is 13.5. The molecule has 8 nitrogen and oxygen atoms in total. The Bertz CT molecular complexity index is 1410. The smallest absolute Gasteiger partial charge is 0.260 e. The van der Waals surface area contributed by atoms with Gasteiger partial charge >= 0.3 is 0 Å². The van der Waals surface area contributed by atoms with Gasteiger partial charge in [-0.05, 0) is 54.6 Å². The minimum Gasteiger partial charge on any atom is -0.467 e. The summed E-state index contributed by atoms with van der Waals surface area (Å²) in [4.78, 5) is 19.9. The first-order valence-electron chi connectivity index (χ1n) is 10.5. The lowest BCUT2D eigenvalue weighted by atomic mass is 10.2. The molecule has 0 saturated carbocycles. The third-order valence-electron chi connectivity index (χ3n) is 5.42. The second kappa shape index (κ2) is 9.59. The molecule has 1 fully saturated rings. The fourth-order valence-electron chi connectivity index (χ4n) is 3.65.